The SMILES string of the molecule is CC(C)c1ccccc1N1CCCS/C1=N/N=C\c1ccc(C(N)=NC=Nc2ccc(C(F)(F)F)cc2)cc1. The fraction of sp³-hybridized carbons (Fsp3) is 0.241. The highest BCUT2D eigenvalue weighted by molar-refractivity contribution is 8.14. The van der Waals surface area contributed by atoms with Crippen molar-refractivity contribution in [1.29, 1.82) is 0 Å². The first-order valence-corrected chi connectivity index (χ1v) is 13.4. The van der Waals surface area contributed by atoms with E-state index in [-0.39, 0.29) is 5.84 Å². The molecule has 0 unspecified atom stereocenters. The molecular formula is C29H29F3N6S. The van der Waals surface area contributed by atoms with Gasteiger partial charge in [-0.3, -0.25) is 0 Å². The lowest BCUT2D eigenvalue weighted by atomic mass is 10.0. The van der Waals surface area contributed by atoms with E-state index in [0.29, 0.717) is 17.2 Å². The third-order valence-corrected chi connectivity index (χ3v) is 7.05. The van der Waals surface area contributed by atoms with Crippen LogP contribution in [0.2, 0.25) is 0 Å². The monoisotopic (exact) mass is 550 g/mol. The maximum Gasteiger partial charge on any atom is 0.416 e. The normalized spacial score (nSPS) is 16.2. The van der Waals surface area contributed by atoms with Gasteiger partial charge in [0.15, 0.2) is 5.17 Å². The van der Waals surface area contributed by atoms with Crippen molar-refractivity contribution in [2.75, 3.05) is 17.2 Å². The molecule has 1 aliphatic heterocycles. The Bertz CT molecular complexity index is 1380. The van der Waals surface area contributed by atoms with Gasteiger partial charge in [0.1, 0.15) is 12.2 Å². The molecule has 0 aliphatic carbocycles. The molecule has 0 bridgehead atoms. The molecule has 202 valence electrons. The number of para-hydroxylation sites is 1. The second kappa shape index (κ2) is 12.8. The van der Waals surface area contributed by atoms with Gasteiger partial charge in [-0.2, -0.15) is 18.3 Å². The number of rotatable bonds is 7. The Morgan fingerprint density at radius 1 is 1.00 bits per heavy atom. The second-order valence-electron chi connectivity index (χ2n) is 9.12. The number of amidine groups is 2. The number of halogens is 3. The maximum absolute atomic E-state index is 12.7. The molecule has 0 spiro atoms. The lowest BCUT2D eigenvalue weighted by Crippen LogP contribution is -2.34. The second-order valence-corrected chi connectivity index (χ2v) is 10.2. The average molecular weight is 551 g/mol. The van der Waals surface area contributed by atoms with Crippen molar-refractivity contribution in [2.45, 2.75) is 32.4 Å². The molecule has 4 rings (SSSR count). The topological polar surface area (TPSA) is 78.7 Å². The van der Waals surface area contributed by atoms with Gasteiger partial charge in [-0.25, -0.2) is 9.98 Å². The smallest absolute Gasteiger partial charge is 0.383 e. The number of hydrogen-bond donors (Lipinski definition) is 1. The fourth-order valence-corrected chi connectivity index (χ4v) is 4.85. The van der Waals surface area contributed by atoms with Gasteiger partial charge in [-0.15, -0.1) is 5.10 Å². The molecule has 3 aromatic carbocycles. The van der Waals surface area contributed by atoms with E-state index in [0.717, 1.165) is 41.6 Å². The van der Waals surface area contributed by atoms with E-state index < -0.39 is 11.7 Å². The number of nitrogens with two attached hydrogens (primary N) is 1. The van der Waals surface area contributed by atoms with E-state index in [1.54, 1.807) is 30.1 Å². The average Bonchev–Trinajstić information content (AvgIpc) is 2.93. The summed E-state index contributed by atoms with van der Waals surface area (Å²) >= 11 is 1.70. The maximum atomic E-state index is 12.7. The molecule has 6 nitrogen and oxygen atoms in total. The first-order chi connectivity index (χ1) is 18.7. The van der Waals surface area contributed by atoms with E-state index >= 15 is 0 Å². The third kappa shape index (κ3) is 7.57. The molecule has 1 aliphatic rings. The zero-order chi connectivity index (χ0) is 27.8. The summed E-state index contributed by atoms with van der Waals surface area (Å²) in [5.41, 5.74) is 9.64. The number of aliphatic imine (C=N–C) groups is 2. The summed E-state index contributed by atoms with van der Waals surface area (Å²) in [5.74, 6) is 1.64. The van der Waals surface area contributed by atoms with Crippen LogP contribution in [0.3, 0.4) is 0 Å². The van der Waals surface area contributed by atoms with Crippen molar-refractivity contribution in [3.05, 3.63) is 95.1 Å². The van der Waals surface area contributed by atoms with Gasteiger partial charge in [0.2, 0.25) is 0 Å². The first kappa shape index (κ1) is 28.1. The standard InChI is InChI=1S/C29H29F3N6S/c1-20(2)25-6-3-4-7-26(25)38-16-5-17-39-28(38)37-36-18-21-8-10-22(11-9-21)27(33)35-19-34-24-14-12-23(13-15-24)29(30,31)32/h3-4,6-15,18-20H,5,16-17H2,1-2H3,(H2,33,34,35)/b36-18-,37-28+. The predicted octanol–water partition coefficient (Wildman–Crippen LogP) is 7.23. The Kier molecular flexibility index (Phi) is 9.19. The lowest BCUT2D eigenvalue weighted by Gasteiger charge is -2.31. The highest BCUT2D eigenvalue weighted by Gasteiger charge is 2.29. The predicted molar refractivity (Wildman–Crippen MR) is 157 cm³/mol. The van der Waals surface area contributed by atoms with Crippen molar-refractivity contribution < 1.29 is 13.2 Å². The van der Waals surface area contributed by atoms with Crippen LogP contribution in [0, 0.1) is 0 Å². The van der Waals surface area contributed by atoms with E-state index in [1.165, 1.54) is 29.7 Å². The van der Waals surface area contributed by atoms with Gasteiger partial charge < -0.3 is 10.6 Å². The van der Waals surface area contributed by atoms with Crippen LogP contribution in [0.1, 0.15) is 48.4 Å². The number of hydrogen-bond acceptors (Lipinski definition) is 4. The van der Waals surface area contributed by atoms with E-state index in [4.69, 9.17) is 5.73 Å². The van der Waals surface area contributed by atoms with Crippen molar-refractivity contribution in [2.24, 2.45) is 25.9 Å². The minimum absolute atomic E-state index is 0.229. The number of alkyl halides is 3. The molecule has 2 N–H and O–H groups in total. The van der Waals surface area contributed by atoms with Crippen LogP contribution >= 0.6 is 11.8 Å². The summed E-state index contributed by atoms with van der Waals surface area (Å²) in [4.78, 5) is 10.4. The van der Waals surface area contributed by atoms with Crippen LogP contribution in [0.15, 0.2) is 93.0 Å². The van der Waals surface area contributed by atoms with Gasteiger partial charge in [-0.1, -0.05) is 68.1 Å². The van der Waals surface area contributed by atoms with Gasteiger partial charge >= 0.3 is 6.18 Å². The Morgan fingerprint density at radius 3 is 2.41 bits per heavy atom. The molecular weight excluding hydrogens is 521 g/mol. The zero-order valence-electron chi connectivity index (χ0n) is 21.6. The molecule has 0 atom stereocenters. The Hall–Kier alpha value is -3.92. The van der Waals surface area contributed by atoms with E-state index in [1.807, 2.05) is 12.1 Å². The van der Waals surface area contributed by atoms with E-state index in [9.17, 15) is 13.2 Å². The van der Waals surface area contributed by atoms with Gasteiger partial charge in [0.05, 0.1) is 17.5 Å². The van der Waals surface area contributed by atoms with Crippen LogP contribution in [0.5, 0.6) is 0 Å². The van der Waals surface area contributed by atoms with Gasteiger partial charge in [-0.05, 0) is 53.8 Å². The molecule has 0 aromatic heterocycles. The van der Waals surface area contributed by atoms with Crippen LogP contribution in [0.4, 0.5) is 24.5 Å². The zero-order valence-corrected chi connectivity index (χ0v) is 22.5. The molecule has 0 saturated carbocycles. The van der Waals surface area contributed by atoms with Crippen molar-refractivity contribution >= 4 is 46.7 Å². The highest BCUT2D eigenvalue weighted by atomic mass is 32.2. The first-order valence-electron chi connectivity index (χ1n) is 12.5. The number of nitrogens with zero attached hydrogens (tertiary/aromatic N) is 5. The summed E-state index contributed by atoms with van der Waals surface area (Å²) < 4.78 is 38.0. The van der Waals surface area contributed by atoms with Crippen molar-refractivity contribution in [3.63, 3.8) is 0 Å². The Labute approximate surface area is 230 Å². The molecule has 0 radical (unpaired) electrons. The molecule has 39 heavy (non-hydrogen) atoms. The lowest BCUT2D eigenvalue weighted by molar-refractivity contribution is -0.137. The van der Waals surface area contributed by atoms with Crippen molar-refractivity contribution in [3.8, 4) is 0 Å². The molecule has 10 heteroatoms. The number of benzene rings is 3. The number of anilines is 1. The minimum Gasteiger partial charge on any atom is -0.383 e. The molecule has 0 amide bonds. The largest absolute Gasteiger partial charge is 0.416 e. The van der Waals surface area contributed by atoms with Crippen molar-refractivity contribution in [1.82, 2.24) is 0 Å². The summed E-state index contributed by atoms with van der Waals surface area (Å²) in [6.45, 7) is 5.29. The quantitative estimate of drug-likeness (QED) is 0.192. The summed E-state index contributed by atoms with van der Waals surface area (Å²) in [6, 6.07) is 20.2. The van der Waals surface area contributed by atoms with Crippen LogP contribution < -0.4 is 10.6 Å². The molecule has 1 saturated heterocycles. The molecule has 3 aromatic rings. The van der Waals surface area contributed by atoms with Gasteiger partial charge in [0.25, 0.3) is 0 Å². The molecule has 1 heterocycles. The van der Waals surface area contributed by atoms with Gasteiger partial charge in [0, 0.05) is 23.5 Å². The van der Waals surface area contributed by atoms with Crippen LogP contribution in [0.25, 0.3) is 0 Å². The highest BCUT2D eigenvalue weighted by Crippen LogP contribution is 2.32. The minimum atomic E-state index is -4.39. The van der Waals surface area contributed by atoms with Crippen LogP contribution in [-0.2, 0) is 6.18 Å². The third-order valence-electron chi connectivity index (χ3n) is 5.99. The Morgan fingerprint density at radius 2 is 1.72 bits per heavy atom. The summed E-state index contributed by atoms with van der Waals surface area (Å²) in [5, 5.41) is 9.75. The Balaban J connectivity index is 1.41. The molecule has 1 fully saturated rings. The summed E-state index contributed by atoms with van der Waals surface area (Å²) in [6.07, 6.45) is -0.394. The van der Waals surface area contributed by atoms with Crippen LogP contribution in [-0.4, -0.2) is 35.9 Å². The summed E-state index contributed by atoms with van der Waals surface area (Å²) in [7, 11) is 0. The van der Waals surface area contributed by atoms with E-state index in [2.05, 4.69) is 63.2 Å². The number of thioether (sulfide) groups is 1. The fourth-order valence-electron chi connectivity index (χ4n) is 3.94.